The maximum atomic E-state index is 12.5. The van der Waals surface area contributed by atoms with Crippen molar-refractivity contribution in [2.75, 3.05) is 0 Å². The van der Waals surface area contributed by atoms with Crippen molar-refractivity contribution >= 4 is 0 Å². The first kappa shape index (κ1) is 11.7. The number of aryl methyl sites for hydroxylation is 1. The summed E-state index contributed by atoms with van der Waals surface area (Å²) in [5, 5.41) is 0. The second-order valence-corrected chi connectivity index (χ2v) is 4.04. The summed E-state index contributed by atoms with van der Waals surface area (Å²) in [7, 11) is 0. The molecule has 17 heavy (non-hydrogen) atoms. The van der Waals surface area contributed by atoms with Crippen LogP contribution in [0, 0.1) is 6.92 Å². The Balaban J connectivity index is 2.18. The number of hydrogen-bond acceptors (Lipinski definition) is 1. The van der Waals surface area contributed by atoms with Crippen molar-refractivity contribution in [2.24, 2.45) is 0 Å². The van der Waals surface area contributed by atoms with Gasteiger partial charge < -0.3 is 0 Å². The molecule has 0 saturated heterocycles. The lowest BCUT2D eigenvalue weighted by Crippen LogP contribution is -1.94. The van der Waals surface area contributed by atoms with Crippen LogP contribution in [0.4, 0.5) is 8.78 Å². The van der Waals surface area contributed by atoms with Gasteiger partial charge in [-0.15, -0.1) is 0 Å². The van der Waals surface area contributed by atoms with Gasteiger partial charge in [-0.2, -0.15) is 0 Å². The number of nitrogens with zero attached hydrogens (tertiary/aromatic N) is 1. The number of alkyl halides is 2. The van der Waals surface area contributed by atoms with Gasteiger partial charge in [-0.25, -0.2) is 8.78 Å². The number of pyridine rings is 1. The molecule has 1 nitrogen and oxygen atoms in total. The summed E-state index contributed by atoms with van der Waals surface area (Å²) in [4.78, 5) is 4.11. The minimum atomic E-state index is -2.44. The predicted molar refractivity (Wildman–Crippen MR) is 63.2 cm³/mol. The maximum absolute atomic E-state index is 12.5. The fraction of sp³-hybridized carbons (Fsp3) is 0.214. The second-order valence-electron chi connectivity index (χ2n) is 4.04. The number of aromatic nitrogens is 1. The molecule has 0 spiro atoms. The van der Waals surface area contributed by atoms with Gasteiger partial charge in [-0.3, -0.25) is 4.98 Å². The van der Waals surface area contributed by atoms with E-state index in [-0.39, 0.29) is 5.56 Å². The molecule has 0 aliphatic carbocycles. The first-order valence-electron chi connectivity index (χ1n) is 5.43. The Labute approximate surface area is 99.1 Å². The molecule has 2 rings (SSSR count). The largest absolute Gasteiger partial charge is 0.263 e. The molecule has 0 unspecified atom stereocenters. The number of halogens is 2. The smallest absolute Gasteiger partial charge is 0.261 e. The predicted octanol–water partition coefficient (Wildman–Crippen LogP) is 3.92. The van der Waals surface area contributed by atoms with Crippen LogP contribution in [0.25, 0.3) is 0 Å². The van der Waals surface area contributed by atoms with Gasteiger partial charge in [0.25, 0.3) is 6.43 Å². The molecule has 0 bridgehead atoms. The van der Waals surface area contributed by atoms with Crippen LogP contribution in [0.5, 0.6) is 0 Å². The molecule has 1 aromatic carbocycles. The lowest BCUT2D eigenvalue weighted by Gasteiger charge is -2.04. The molecule has 0 amide bonds. The summed E-state index contributed by atoms with van der Waals surface area (Å²) in [5.41, 5.74) is 2.96. The SMILES string of the molecule is Cc1ccc(Cc2cc(C(F)F)ccn2)cc1. The van der Waals surface area contributed by atoms with E-state index in [2.05, 4.69) is 4.98 Å². The van der Waals surface area contributed by atoms with Crippen molar-refractivity contribution in [3.05, 3.63) is 65.0 Å². The van der Waals surface area contributed by atoms with Crippen LogP contribution >= 0.6 is 0 Å². The van der Waals surface area contributed by atoms with E-state index in [1.54, 1.807) is 0 Å². The molecule has 3 heteroatoms. The van der Waals surface area contributed by atoms with Crippen molar-refractivity contribution in [1.82, 2.24) is 4.98 Å². The average Bonchev–Trinajstić information content (AvgIpc) is 2.32. The van der Waals surface area contributed by atoms with Gasteiger partial charge >= 0.3 is 0 Å². The van der Waals surface area contributed by atoms with Gasteiger partial charge in [-0.1, -0.05) is 29.8 Å². The van der Waals surface area contributed by atoms with E-state index in [0.717, 1.165) is 5.56 Å². The van der Waals surface area contributed by atoms with Crippen LogP contribution in [0.1, 0.15) is 28.8 Å². The van der Waals surface area contributed by atoms with Crippen LogP contribution in [0.2, 0.25) is 0 Å². The highest BCUT2D eigenvalue weighted by molar-refractivity contribution is 5.27. The summed E-state index contributed by atoms with van der Waals surface area (Å²) in [6, 6.07) is 10.8. The zero-order valence-electron chi connectivity index (χ0n) is 9.53. The molecule has 0 N–H and O–H groups in total. The lowest BCUT2D eigenvalue weighted by atomic mass is 10.1. The first-order valence-corrected chi connectivity index (χ1v) is 5.43. The van der Waals surface area contributed by atoms with Gasteiger partial charge in [0.05, 0.1) is 0 Å². The van der Waals surface area contributed by atoms with E-state index in [1.165, 1.54) is 23.9 Å². The van der Waals surface area contributed by atoms with Crippen LogP contribution < -0.4 is 0 Å². The lowest BCUT2D eigenvalue weighted by molar-refractivity contribution is 0.151. The fourth-order valence-corrected chi connectivity index (χ4v) is 1.64. The quantitative estimate of drug-likeness (QED) is 0.783. The van der Waals surface area contributed by atoms with E-state index in [9.17, 15) is 8.78 Å². The number of hydrogen-bond donors (Lipinski definition) is 0. The highest BCUT2D eigenvalue weighted by atomic mass is 19.3. The Morgan fingerprint density at radius 3 is 2.47 bits per heavy atom. The summed E-state index contributed by atoms with van der Waals surface area (Å²) < 4.78 is 25.0. The summed E-state index contributed by atoms with van der Waals surface area (Å²) in [6.07, 6.45) is -0.416. The van der Waals surface area contributed by atoms with Gasteiger partial charge in [0, 0.05) is 23.9 Å². The van der Waals surface area contributed by atoms with Crippen LogP contribution in [0.3, 0.4) is 0 Å². The first-order chi connectivity index (χ1) is 8.15. The van der Waals surface area contributed by atoms with E-state index < -0.39 is 6.43 Å². The minimum Gasteiger partial charge on any atom is -0.261 e. The Kier molecular flexibility index (Phi) is 3.47. The number of rotatable bonds is 3. The summed E-state index contributed by atoms with van der Waals surface area (Å²) in [6.45, 7) is 2.01. The fourth-order valence-electron chi connectivity index (χ4n) is 1.64. The van der Waals surface area contributed by atoms with E-state index in [1.807, 2.05) is 31.2 Å². The zero-order valence-corrected chi connectivity index (χ0v) is 9.53. The molecule has 0 fully saturated rings. The minimum absolute atomic E-state index is 0.0297. The third-order valence-electron chi connectivity index (χ3n) is 2.60. The maximum Gasteiger partial charge on any atom is 0.263 e. The molecule has 0 saturated carbocycles. The van der Waals surface area contributed by atoms with Gasteiger partial charge in [0.1, 0.15) is 0 Å². The van der Waals surface area contributed by atoms with E-state index >= 15 is 0 Å². The standard InChI is InChI=1S/C14H13F2N/c1-10-2-4-11(5-3-10)8-13-9-12(14(15)16)6-7-17-13/h2-7,9,14H,8H2,1H3. The molecule has 1 aromatic heterocycles. The summed E-state index contributed by atoms with van der Waals surface area (Å²) >= 11 is 0. The highest BCUT2D eigenvalue weighted by Crippen LogP contribution is 2.19. The molecule has 0 aliphatic heterocycles. The molecule has 0 atom stereocenters. The van der Waals surface area contributed by atoms with Crippen LogP contribution in [-0.4, -0.2) is 4.98 Å². The molecule has 0 aliphatic rings. The normalized spacial score (nSPS) is 10.8. The molecule has 2 aromatic rings. The van der Waals surface area contributed by atoms with Crippen molar-refractivity contribution in [1.29, 1.82) is 0 Å². The van der Waals surface area contributed by atoms with Crippen LogP contribution in [0.15, 0.2) is 42.6 Å². The monoisotopic (exact) mass is 233 g/mol. The molecular formula is C14H13F2N. The second kappa shape index (κ2) is 5.04. The van der Waals surface area contributed by atoms with Crippen LogP contribution in [-0.2, 0) is 6.42 Å². The van der Waals surface area contributed by atoms with Gasteiger partial charge in [0.2, 0.25) is 0 Å². The highest BCUT2D eigenvalue weighted by Gasteiger charge is 2.07. The van der Waals surface area contributed by atoms with Crippen molar-refractivity contribution < 1.29 is 8.78 Å². The van der Waals surface area contributed by atoms with E-state index in [4.69, 9.17) is 0 Å². The molecule has 1 heterocycles. The summed E-state index contributed by atoms with van der Waals surface area (Å²) in [5.74, 6) is 0. The van der Waals surface area contributed by atoms with Gasteiger partial charge in [0.15, 0.2) is 0 Å². The Morgan fingerprint density at radius 2 is 1.82 bits per heavy atom. The Hall–Kier alpha value is -1.77. The molecule has 88 valence electrons. The van der Waals surface area contributed by atoms with Crippen molar-refractivity contribution in [3.8, 4) is 0 Å². The third-order valence-corrected chi connectivity index (χ3v) is 2.60. The molecule has 0 radical (unpaired) electrons. The Bertz CT molecular complexity index is 492. The van der Waals surface area contributed by atoms with Gasteiger partial charge in [-0.05, 0) is 24.6 Å². The topological polar surface area (TPSA) is 12.9 Å². The third kappa shape index (κ3) is 3.09. The van der Waals surface area contributed by atoms with Crippen molar-refractivity contribution in [2.45, 2.75) is 19.8 Å². The molecular weight excluding hydrogens is 220 g/mol. The van der Waals surface area contributed by atoms with E-state index in [0.29, 0.717) is 12.1 Å². The zero-order chi connectivity index (χ0) is 12.3. The van der Waals surface area contributed by atoms with Crippen molar-refractivity contribution in [3.63, 3.8) is 0 Å². The number of benzene rings is 1. The Morgan fingerprint density at radius 1 is 1.12 bits per heavy atom. The average molecular weight is 233 g/mol.